The van der Waals surface area contributed by atoms with Gasteiger partial charge < -0.3 is 10.1 Å². The Hall–Kier alpha value is -0.380. The fourth-order valence-electron chi connectivity index (χ4n) is 1.92. The lowest BCUT2D eigenvalue weighted by molar-refractivity contribution is 0.195. The van der Waals surface area contributed by atoms with Crippen molar-refractivity contribution in [2.45, 2.75) is 26.7 Å². The quantitative estimate of drug-likeness (QED) is 0.684. The third-order valence-corrected chi connectivity index (χ3v) is 4.11. The van der Waals surface area contributed by atoms with E-state index >= 15 is 0 Å². The van der Waals surface area contributed by atoms with Crippen molar-refractivity contribution in [3.05, 3.63) is 22.4 Å². The van der Waals surface area contributed by atoms with Gasteiger partial charge in [0.2, 0.25) is 0 Å². The maximum Gasteiger partial charge on any atom is 0.0587 e. The zero-order valence-corrected chi connectivity index (χ0v) is 12.1. The predicted molar refractivity (Wildman–Crippen MR) is 75.7 cm³/mol. The molecule has 0 saturated carbocycles. The van der Waals surface area contributed by atoms with Gasteiger partial charge in [-0.1, -0.05) is 19.9 Å². The second kappa shape index (κ2) is 8.67. The molecular weight excluding hydrogens is 230 g/mol. The molecule has 17 heavy (non-hydrogen) atoms. The van der Waals surface area contributed by atoms with Crippen molar-refractivity contribution < 1.29 is 4.74 Å². The Morgan fingerprint density at radius 1 is 1.41 bits per heavy atom. The molecule has 0 aromatic carbocycles. The summed E-state index contributed by atoms with van der Waals surface area (Å²) in [6.45, 7) is 7.50. The van der Waals surface area contributed by atoms with Crippen LogP contribution in [-0.2, 0) is 11.2 Å². The number of ether oxygens (including phenoxy) is 1. The van der Waals surface area contributed by atoms with Crippen LogP contribution in [0.15, 0.2) is 17.5 Å². The molecule has 1 aromatic heterocycles. The van der Waals surface area contributed by atoms with Gasteiger partial charge in [0, 0.05) is 18.5 Å². The van der Waals surface area contributed by atoms with E-state index in [1.165, 1.54) is 17.7 Å². The van der Waals surface area contributed by atoms with Gasteiger partial charge >= 0.3 is 0 Å². The smallest absolute Gasteiger partial charge is 0.0587 e. The Balaban J connectivity index is 2.23. The van der Waals surface area contributed by atoms with Crippen molar-refractivity contribution >= 4 is 11.3 Å². The van der Waals surface area contributed by atoms with Crippen LogP contribution in [0.4, 0.5) is 0 Å². The Kier molecular flexibility index (Phi) is 7.49. The lowest BCUT2D eigenvalue weighted by Crippen LogP contribution is -2.29. The molecule has 1 N–H and O–H groups in total. The molecule has 1 unspecified atom stereocenters. The molecule has 0 aliphatic rings. The number of methoxy groups -OCH3 is 1. The summed E-state index contributed by atoms with van der Waals surface area (Å²) in [6.07, 6.45) is 2.49. The second-order valence-corrected chi connectivity index (χ2v) is 5.85. The minimum atomic E-state index is 0.741. The summed E-state index contributed by atoms with van der Waals surface area (Å²) in [4.78, 5) is 1.51. The van der Waals surface area contributed by atoms with Gasteiger partial charge in [-0.15, -0.1) is 11.3 Å². The van der Waals surface area contributed by atoms with Gasteiger partial charge in [0.15, 0.2) is 0 Å². The van der Waals surface area contributed by atoms with Crippen LogP contribution in [0.25, 0.3) is 0 Å². The fourth-order valence-corrected chi connectivity index (χ4v) is 2.64. The zero-order valence-electron chi connectivity index (χ0n) is 11.2. The summed E-state index contributed by atoms with van der Waals surface area (Å²) >= 11 is 1.87. The molecule has 1 rings (SSSR count). The van der Waals surface area contributed by atoms with Gasteiger partial charge in [-0.2, -0.15) is 0 Å². The predicted octanol–water partition coefficient (Wildman–Crippen LogP) is 3.19. The maximum atomic E-state index is 5.04. The Morgan fingerprint density at radius 2 is 2.24 bits per heavy atom. The summed E-state index contributed by atoms with van der Waals surface area (Å²) in [5, 5.41) is 5.64. The molecule has 0 amide bonds. The van der Waals surface area contributed by atoms with Crippen LogP contribution in [0.3, 0.4) is 0 Å². The summed E-state index contributed by atoms with van der Waals surface area (Å²) in [6, 6.07) is 4.38. The Bertz CT molecular complexity index is 272. The third kappa shape index (κ3) is 6.20. The molecule has 98 valence electrons. The molecule has 0 saturated heterocycles. The van der Waals surface area contributed by atoms with Gasteiger partial charge in [0.1, 0.15) is 0 Å². The first kappa shape index (κ1) is 14.7. The minimum absolute atomic E-state index is 0.741. The van der Waals surface area contributed by atoms with Crippen molar-refractivity contribution in [1.82, 2.24) is 5.32 Å². The first-order chi connectivity index (χ1) is 8.24. The lowest BCUT2D eigenvalue weighted by Gasteiger charge is -2.21. The first-order valence-corrected chi connectivity index (χ1v) is 7.34. The summed E-state index contributed by atoms with van der Waals surface area (Å²) in [5.74, 6) is 1.50. The highest BCUT2D eigenvalue weighted by molar-refractivity contribution is 7.09. The maximum absolute atomic E-state index is 5.04. The molecule has 0 radical (unpaired) electrons. The highest BCUT2D eigenvalue weighted by atomic mass is 32.1. The number of hydrogen-bond donors (Lipinski definition) is 1. The van der Waals surface area contributed by atoms with E-state index in [0.29, 0.717) is 0 Å². The highest BCUT2D eigenvalue weighted by Crippen LogP contribution is 2.19. The molecular formula is C14H25NOS. The van der Waals surface area contributed by atoms with Crippen molar-refractivity contribution in [3.8, 4) is 0 Å². The lowest BCUT2D eigenvalue weighted by atomic mass is 9.91. The average molecular weight is 255 g/mol. The van der Waals surface area contributed by atoms with E-state index in [-0.39, 0.29) is 0 Å². The van der Waals surface area contributed by atoms with Crippen LogP contribution in [0.2, 0.25) is 0 Å². The van der Waals surface area contributed by atoms with Crippen molar-refractivity contribution in [3.63, 3.8) is 0 Å². The molecule has 0 bridgehead atoms. The van der Waals surface area contributed by atoms with E-state index in [0.717, 1.165) is 31.5 Å². The first-order valence-electron chi connectivity index (χ1n) is 6.46. The van der Waals surface area contributed by atoms with E-state index < -0.39 is 0 Å². The number of thiophene rings is 1. The van der Waals surface area contributed by atoms with Crippen molar-refractivity contribution in [2.24, 2.45) is 11.8 Å². The van der Waals surface area contributed by atoms with Gasteiger partial charge in [0.05, 0.1) is 6.61 Å². The van der Waals surface area contributed by atoms with Gasteiger partial charge in [-0.3, -0.25) is 0 Å². The molecule has 1 aromatic rings. The van der Waals surface area contributed by atoms with Crippen LogP contribution in [0.1, 0.15) is 25.1 Å². The summed E-state index contributed by atoms with van der Waals surface area (Å²) in [5.41, 5.74) is 0. The Morgan fingerprint density at radius 3 is 2.82 bits per heavy atom. The zero-order chi connectivity index (χ0) is 12.5. The van der Waals surface area contributed by atoms with Crippen LogP contribution >= 0.6 is 11.3 Å². The fraction of sp³-hybridized carbons (Fsp3) is 0.714. The monoisotopic (exact) mass is 255 g/mol. The van der Waals surface area contributed by atoms with Gasteiger partial charge in [-0.05, 0) is 42.7 Å². The SMILES string of the molecule is COCCNCC(CCc1cccs1)C(C)C. The number of aryl methyl sites for hydroxylation is 1. The normalized spacial score (nSPS) is 13.2. The largest absolute Gasteiger partial charge is 0.383 e. The summed E-state index contributed by atoms with van der Waals surface area (Å²) < 4.78 is 5.04. The number of rotatable bonds is 9. The molecule has 2 nitrogen and oxygen atoms in total. The molecule has 0 fully saturated rings. The van der Waals surface area contributed by atoms with Gasteiger partial charge in [0.25, 0.3) is 0 Å². The van der Waals surface area contributed by atoms with Crippen LogP contribution in [0.5, 0.6) is 0 Å². The molecule has 1 atom stereocenters. The van der Waals surface area contributed by atoms with E-state index in [9.17, 15) is 0 Å². The van der Waals surface area contributed by atoms with E-state index in [1.807, 2.05) is 11.3 Å². The molecule has 0 aliphatic heterocycles. The van der Waals surface area contributed by atoms with Crippen LogP contribution in [0, 0.1) is 11.8 Å². The summed E-state index contributed by atoms with van der Waals surface area (Å²) in [7, 11) is 1.75. The molecule has 0 spiro atoms. The minimum Gasteiger partial charge on any atom is -0.383 e. The molecule has 0 aliphatic carbocycles. The topological polar surface area (TPSA) is 21.3 Å². The van der Waals surface area contributed by atoms with E-state index in [1.54, 1.807) is 7.11 Å². The third-order valence-electron chi connectivity index (χ3n) is 3.17. The number of hydrogen-bond acceptors (Lipinski definition) is 3. The highest BCUT2D eigenvalue weighted by Gasteiger charge is 2.13. The molecule has 3 heteroatoms. The van der Waals surface area contributed by atoms with E-state index in [2.05, 4.69) is 36.7 Å². The Labute approximate surface area is 109 Å². The van der Waals surface area contributed by atoms with Crippen molar-refractivity contribution in [2.75, 3.05) is 26.8 Å². The van der Waals surface area contributed by atoms with Crippen molar-refractivity contribution in [1.29, 1.82) is 0 Å². The van der Waals surface area contributed by atoms with Crippen LogP contribution < -0.4 is 5.32 Å². The average Bonchev–Trinajstić information content (AvgIpc) is 2.80. The standard InChI is InChI=1S/C14H25NOS/c1-12(2)13(11-15-8-9-16-3)6-7-14-5-4-10-17-14/h4-5,10,12-13,15H,6-9,11H2,1-3H3. The van der Waals surface area contributed by atoms with Crippen LogP contribution in [-0.4, -0.2) is 26.8 Å². The van der Waals surface area contributed by atoms with Gasteiger partial charge in [-0.25, -0.2) is 0 Å². The number of nitrogens with one attached hydrogen (secondary N) is 1. The van der Waals surface area contributed by atoms with E-state index in [4.69, 9.17) is 4.74 Å². The second-order valence-electron chi connectivity index (χ2n) is 4.82. The molecule has 1 heterocycles.